The van der Waals surface area contributed by atoms with E-state index in [0.29, 0.717) is 6.54 Å². The number of urea groups is 1. The van der Waals surface area contributed by atoms with Gasteiger partial charge in [-0.05, 0) is 19.1 Å². The first-order valence-corrected chi connectivity index (χ1v) is 7.56. The number of thioether (sulfide) groups is 1. The summed E-state index contributed by atoms with van der Waals surface area (Å²) in [5.74, 6) is -2.65. The van der Waals surface area contributed by atoms with Gasteiger partial charge in [-0.3, -0.25) is 4.79 Å². The average molecular weight is 306 g/mol. The van der Waals surface area contributed by atoms with Gasteiger partial charge in [0, 0.05) is 11.3 Å². The van der Waals surface area contributed by atoms with Gasteiger partial charge in [-0.25, -0.2) is 9.59 Å². The standard InChI is InChI=1S/C12H22N2O5S/c1-4-12(5-2,20-3)7-13-11(19)14-8(10(17)18)6-9(15)16/h8H,4-7H2,1-3H3,(H,15,16)(H,17,18)(H2,13,14,19). The van der Waals surface area contributed by atoms with E-state index in [2.05, 4.69) is 10.6 Å². The molecule has 116 valence electrons. The highest BCUT2D eigenvalue weighted by Gasteiger charge is 2.27. The van der Waals surface area contributed by atoms with Crippen LogP contribution in [0.3, 0.4) is 0 Å². The molecule has 1 unspecified atom stereocenters. The zero-order chi connectivity index (χ0) is 15.8. The van der Waals surface area contributed by atoms with Gasteiger partial charge >= 0.3 is 18.0 Å². The van der Waals surface area contributed by atoms with Crippen LogP contribution >= 0.6 is 11.8 Å². The molecule has 0 spiro atoms. The summed E-state index contributed by atoms with van der Waals surface area (Å²) in [6.07, 6.45) is 3.03. The second-order valence-corrected chi connectivity index (χ2v) is 5.68. The molecule has 0 heterocycles. The van der Waals surface area contributed by atoms with E-state index in [1.54, 1.807) is 11.8 Å². The maximum atomic E-state index is 11.6. The van der Waals surface area contributed by atoms with Crippen LogP contribution in [0.2, 0.25) is 0 Å². The van der Waals surface area contributed by atoms with Crippen molar-refractivity contribution in [2.75, 3.05) is 12.8 Å². The molecule has 0 aliphatic rings. The monoisotopic (exact) mass is 306 g/mol. The van der Waals surface area contributed by atoms with Gasteiger partial charge in [0.05, 0.1) is 6.42 Å². The molecular formula is C12H22N2O5S. The van der Waals surface area contributed by atoms with E-state index in [1.165, 1.54) is 0 Å². The minimum atomic E-state index is -1.43. The summed E-state index contributed by atoms with van der Waals surface area (Å²) in [5, 5.41) is 22.2. The molecule has 0 fully saturated rings. The Morgan fingerprint density at radius 1 is 1.20 bits per heavy atom. The molecule has 0 saturated heterocycles. The lowest BCUT2D eigenvalue weighted by Crippen LogP contribution is -2.50. The molecule has 0 saturated carbocycles. The minimum Gasteiger partial charge on any atom is -0.481 e. The number of amides is 2. The first kappa shape index (κ1) is 18.6. The van der Waals surface area contributed by atoms with Crippen molar-refractivity contribution in [3.8, 4) is 0 Å². The molecular weight excluding hydrogens is 284 g/mol. The molecule has 0 aliphatic heterocycles. The van der Waals surface area contributed by atoms with Crippen molar-refractivity contribution in [3.63, 3.8) is 0 Å². The van der Waals surface area contributed by atoms with Gasteiger partial charge in [0.25, 0.3) is 0 Å². The molecule has 0 rings (SSSR count). The largest absolute Gasteiger partial charge is 0.481 e. The lowest BCUT2D eigenvalue weighted by atomic mass is 10.0. The van der Waals surface area contributed by atoms with Gasteiger partial charge in [0.15, 0.2) is 0 Å². The van der Waals surface area contributed by atoms with Gasteiger partial charge in [0.1, 0.15) is 6.04 Å². The van der Waals surface area contributed by atoms with Gasteiger partial charge < -0.3 is 20.8 Å². The summed E-state index contributed by atoms with van der Waals surface area (Å²) in [4.78, 5) is 33.0. The van der Waals surface area contributed by atoms with Crippen LogP contribution < -0.4 is 10.6 Å². The Hall–Kier alpha value is -1.44. The highest BCUT2D eigenvalue weighted by Crippen LogP contribution is 2.29. The van der Waals surface area contributed by atoms with E-state index in [1.807, 2.05) is 20.1 Å². The Kier molecular flexibility index (Phi) is 8.05. The zero-order valence-corrected chi connectivity index (χ0v) is 12.7. The fourth-order valence-electron chi connectivity index (χ4n) is 1.69. The lowest BCUT2D eigenvalue weighted by Gasteiger charge is -2.30. The summed E-state index contributed by atoms with van der Waals surface area (Å²) in [6.45, 7) is 4.43. The number of carbonyl (C=O) groups excluding carboxylic acids is 1. The predicted octanol–water partition coefficient (Wildman–Crippen LogP) is 1.14. The van der Waals surface area contributed by atoms with Crippen molar-refractivity contribution in [1.82, 2.24) is 10.6 Å². The van der Waals surface area contributed by atoms with Crippen LogP contribution in [0.1, 0.15) is 33.1 Å². The first-order chi connectivity index (χ1) is 9.30. The average Bonchev–Trinajstić information content (AvgIpc) is 2.39. The normalized spacial score (nSPS) is 12.6. The number of rotatable bonds is 9. The van der Waals surface area contributed by atoms with E-state index in [-0.39, 0.29) is 4.75 Å². The maximum absolute atomic E-state index is 11.6. The SMILES string of the molecule is CCC(CC)(CNC(=O)NC(CC(=O)O)C(=O)O)SC. The molecule has 20 heavy (non-hydrogen) atoms. The highest BCUT2D eigenvalue weighted by atomic mass is 32.2. The molecule has 8 heteroatoms. The number of carboxylic acids is 2. The fraction of sp³-hybridized carbons (Fsp3) is 0.750. The molecule has 0 aromatic heterocycles. The van der Waals surface area contributed by atoms with E-state index >= 15 is 0 Å². The van der Waals surface area contributed by atoms with Crippen molar-refractivity contribution in [3.05, 3.63) is 0 Å². The molecule has 7 nitrogen and oxygen atoms in total. The Labute approximate surface area is 122 Å². The molecule has 0 radical (unpaired) electrons. The summed E-state index contributed by atoms with van der Waals surface area (Å²) < 4.78 is -0.0944. The number of aliphatic carboxylic acids is 2. The Balaban J connectivity index is 4.46. The van der Waals surface area contributed by atoms with Crippen LogP contribution in [0.5, 0.6) is 0 Å². The van der Waals surface area contributed by atoms with Gasteiger partial charge in [-0.1, -0.05) is 13.8 Å². The number of carbonyl (C=O) groups is 3. The quantitative estimate of drug-likeness (QED) is 0.507. The molecule has 4 N–H and O–H groups in total. The summed E-state index contributed by atoms with van der Waals surface area (Å²) in [5.41, 5.74) is 0. The number of hydrogen-bond donors (Lipinski definition) is 4. The van der Waals surface area contributed by atoms with Crippen molar-refractivity contribution < 1.29 is 24.6 Å². The predicted molar refractivity (Wildman–Crippen MR) is 77.0 cm³/mol. The number of nitrogens with one attached hydrogen (secondary N) is 2. The fourth-order valence-corrected chi connectivity index (χ4v) is 2.48. The Bertz CT molecular complexity index is 349. The topological polar surface area (TPSA) is 116 Å². The van der Waals surface area contributed by atoms with Crippen molar-refractivity contribution in [1.29, 1.82) is 0 Å². The zero-order valence-electron chi connectivity index (χ0n) is 11.9. The Morgan fingerprint density at radius 2 is 1.75 bits per heavy atom. The lowest BCUT2D eigenvalue weighted by molar-refractivity contribution is -0.145. The van der Waals surface area contributed by atoms with Crippen LogP contribution in [0.15, 0.2) is 0 Å². The van der Waals surface area contributed by atoms with Gasteiger partial charge in [-0.15, -0.1) is 0 Å². The highest BCUT2D eigenvalue weighted by molar-refractivity contribution is 8.00. The smallest absolute Gasteiger partial charge is 0.326 e. The Morgan fingerprint density at radius 3 is 2.10 bits per heavy atom. The third-order valence-corrected chi connectivity index (χ3v) is 4.86. The van der Waals surface area contributed by atoms with Crippen LogP contribution in [-0.4, -0.2) is 51.8 Å². The maximum Gasteiger partial charge on any atom is 0.326 e. The molecule has 0 aromatic carbocycles. The number of hydrogen-bond acceptors (Lipinski definition) is 4. The van der Waals surface area contributed by atoms with Crippen molar-refractivity contribution in [2.24, 2.45) is 0 Å². The third-order valence-electron chi connectivity index (χ3n) is 3.27. The molecule has 0 bridgehead atoms. The van der Waals surface area contributed by atoms with Crippen LogP contribution in [0, 0.1) is 0 Å². The summed E-state index contributed by atoms with van der Waals surface area (Å²) in [7, 11) is 0. The van der Waals surface area contributed by atoms with Crippen molar-refractivity contribution >= 4 is 29.7 Å². The van der Waals surface area contributed by atoms with E-state index in [4.69, 9.17) is 10.2 Å². The third kappa shape index (κ3) is 6.14. The van der Waals surface area contributed by atoms with Crippen LogP contribution in [0.25, 0.3) is 0 Å². The molecule has 0 aromatic rings. The van der Waals surface area contributed by atoms with Crippen molar-refractivity contribution in [2.45, 2.75) is 43.9 Å². The number of carboxylic acid groups (broad SMARTS) is 2. The van der Waals surface area contributed by atoms with E-state index in [9.17, 15) is 14.4 Å². The molecule has 1 atom stereocenters. The molecule has 0 aliphatic carbocycles. The molecule has 2 amide bonds. The van der Waals surface area contributed by atoms with Gasteiger partial charge in [0.2, 0.25) is 0 Å². The van der Waals surface area contributed by atoms with Crippen LogP contribution in [-0.2, 0) is 9.59 Å². The minimum absolute atomic E-state index is 0.0944. The summed E-state index contributed by atoms with van der Waals surface area (Å²) >= 11 is 1.64. The second-order valence-electron chi connectivity index (χ2n) is 4.41. The summed E-state index contributed by atoms with van der Waals surface area (Å²) in [6, 6.07) is -2.10. The van der Waals surface area contributed by atoms with E-state index in [0.717, 1.165) is 12.8 Å². The second kappa shape index (κ2) is 8.68. The van der Waals surface area contributed by atoms with Gasteiger partial charge in [-0.2, -0.15) is 11.8 Å². The van der Waals surface area contributed by atoms with Crippen LogP contribution in [0.4, 0.5) is 4.79 Å². The van der Waals surface area contributed by atoms with E-state index < -0.39 is 30.4 Å². The first-order valence-electron chi connectivity index (χ1n) is 6.34.